The Labute approximate surface area is 171 Å². The van der Waals surface area contributed by atoms with E-state index in [2.05, 4.69) is 20.8 Å². The number of carbonyl (C=O) groups excluding carboxylic acids is 1. The van der Waals surface area contributed by atoms with Crippen LogP contribution >= 0.6 is 0 Å². The fourth-order valence-electron chi connectivity index (χ4n) is 3.31. The van der Waals surface area contributed by atoms with Crippen LogP contribution in [0.4, 0.5) is 0 Å². The van der Waals surface area contributed by atoms with Crippen LogP contribution in [0, 0.1) is 6.92 Å². The van der Waals surface area contributed by atoms with Crippen molar-refractivity contribution in [3.8, 4) is 17.0 Å². The fraction of sp³-hybridized carbons (Fsp3) is 0.0909. The third-order valence-corrected chi connectivity index (χ3v) is 4.85. The number of aromatic nitrogens is 4. The summed E-state index contributed by atoms with van der Waals surface area (Å²) in [6.07, 6.45) is 1.56. The number of rotatable bonds is 5. The summed E-state index contributed by atoms with van der Waals surface area (Å²) in [6, 6.07) is 19.0. The molecule has 1 amide bonds. The van der Waals surface area contributed by atoms with E-state index in [0.717, 1.165) is 22.2 Å². The summed E-state index contributed by atoms with van der Waals surface area (Å²) in [5.41, 5.74) is 3.33. The number of hydrogen-bond donors (Lipinski definition) is 1. The zero-order valence-electron chi connectivity index (χ0n) is 16.1. The number of nitrogens with zero attached hydrogens (tertiary/aromatic N) is 4. The fourth-order valence-corrected chi connectivity index (χ4v) is 3.31. The first-order valence-corrected chi connectivity index (χ1v) is 9.39. The molecular weight excluding hydrogens is 382 g/mol. The van der Waals surface area contributed by atoms with Crippen molar-refractivity contribution >= 4 is 16.8 Å². The zero-order valence-corrected chi connectivity index (χ0v) is 16.1. The molecule has 30 heavy (non-hydrogen) atoms. The second kappa shape index (κ2) is 7.32. The van der Waals surface area contributed by atoms with Gasteiger partial charge >= 0.3 is 0 Å². The van der Waals surface area contributed by atoms with Crippen molar-refractivity contribution in [3.05, 3.63) is 84.1 Å². The highest BCUT2D eigenvalue weighted by atomic mass is 16.5. The van der Waals surface area contributed by atoms with E-state index in [1.54, 1.807) is 30.0 Å². The van der Waals surface area contributed by atoms with Gasteiger partial charge < -0.3 is 14.3 Å². The topological polar surface area (TPSA) is 99.0 Å². The molecule has 2 aromatic carbocycles. The Morgan fingerprint density at radius 2 is 1.97 bits per heavy atom. The van der Waals surface area contributed by atoms with Crippen LogP contribution in [0.1, 0.15) is 21.9 Å². The predicted octanol–water partition coefficient (Wildman–Crippen LogP) is 3.91. The van der Waals surface area contributed by atoms with Gasteiger partial charge in [0.25, 0.3) is 5.91 Å². The Morgan fingerprint density at radius 3 is 2.77 bits per heavy atom. The molecule has 8 heteroatoms. The molecule has 0 spiro atoms. The van der Waals surface area contributed by atoms with E-state index in [1.807, 2.05) is 48.5 Å². The Kier molecular flexibility index (Phi) is 4.36. The van der Waals surface area contributed by atoms with Crippen LogP contribution < -0.4 is 5.32 Å². The van der Waals surface area contributed by atoms with Gasteiger partial charge in [-0.1, -0.05) is 40.7 Å². The van der Waals surface area contributed by atoms with Gasteiger partial charge in [0.2, 0.25) is 0 Å². The number of amides is 1. The molecule has 0 aliphatic carbocycles. The van der Waals surface area contributed by atoms with Crippen molar-refractivity contribution in [3.63, 3.8) is 0 Å². The minimum Gasteiger partial charge on any atom is -0.467 e. The van der Waals surface area contributed by atoms with Crippen LogP contribution in [0.15, 0.2) is 75.9 Å². The molecule has 0 saturated heterocycles. The molecule has 0 fully saturated rings. The van der Waals surface area contributed by atoms with Gasteiger partial charge in [0.1, 0.15) is 11.3 Å². The quantitative estimate of drug-likeness (QED) is 0.481. The third-order valence-electron chi connectivity index (χ3n) is 4.85. The molecule has 0 radical (unpaired) electrons. The lowest BCUT2D eigenvalue weighted by Gasteiger charge is -2.05. The van der Waals surface area contributed by atoms with Crippen LogP contribution in [-0.2, 0) is 6.54 Å². The summed E-state index contributed by atoms with van der Waals surface area (Å²) in [4.78, 5) is 12.5. The van der Waals surface area contributed by atoms with Crippen molar-refractivity contribution in [2.45, 2.75) is 13.5 Å². The summed E-state index contributed by atoms with van der Waals surface area (Å²) in [6.45, 7) is 2.09. The maximum atomic E-state index is 12.5. The Morgan fingerprint density at radius 1 is 1.10 bits per heavy atom. The summed E-state index contributed by atoms with van der Waals surface area (Å²) < 4.78 is 12.4. The van der Waals surface area contributed by atoms with Gasteiger partial charge in [0.15, 0.2) is 11.5 Å². The molecule has 1 N–H and O–H groups in total. The molecule has 0 aliphatic rings. The number of hydrogen-bond acceptors (Lipinski definition) is 6. The lowest BCUT2D eigenvalue weighted by atomic mass is 10.1. The van der Waals surface area contributed by atoms with Gasteiger partial charge in [-0.3, -0.25) is 4.79 Å². The minimum atomic E-state index is -0.314. The molecule has 3 heterocycles. The summed E-state index contributed by atoms with van der Waals surface area (Å²) >= 11 is 0. The van der Waals surface area contributed by atoms with Crippen LogP contribution in [0.2, 0.25) is 0 Å². The van der Waals surface area contributed by atoms with E-state index in [1.165, 1.54) is 0 Å². The third kappa shape index (κ3) is 3.14. The molecule has 0 unspecified atom stereocenters. The first-order valence-electron chi connectivity index (χ1n) is 9.39. The van der Waals surface area contributed by atoms with Gasteiger partial charge in [-0.15, -0.1) is 5.10 Å². The molecule has 0 bridgehead atoms. The van der Waals surface area contributed by atoms with Crippen molar-refractivity contribution in [1.29, 1.82) is 0 Å². The lowest BCUT2D eigenvalue weighted by Crippen LogP contribution is -2.23. The monoisotopic (exact) mass is 399 g/mol. The molecule has 3 aromatic heterocycles. The Hall–Kier alpha value is -4.20. The van der Waals surface area contributed by atoms with E-state index >= 15 is 0 Å². The first kappa shape index (κ1) is 17.9. The second-order valence-electron chi connectivity index (χ2n) is 6.78. The van der Waals surface area contributed by atoms with Gasteiger partial charge in [-0.05, 0) is 37.3 Å². The number of fused-ring (bicyclic) bond motifs is 1. The molecule has 0 atom stereocenters. The number of nitrogens with one attached hydrogen (secondary N) is 1. The highest BCUT2D eigenvalue weighted by Gasteiger charge is 2.19. The largest absolute Gasteiger partial charge is 0.467 e. The van der Waals surface area contributed by atoms with E-state index in [9.17, 15) is 4.79 Å². The first-order chi connectivity index (χ1) is 14.7. The maximum absolute atomic E-state index is 12.5. The van der Waals surface area contributed by atoms with Crippen LogP contribution in [-0.4, -0.2) is 26.1 Å². The zero-order chi connectivity index (χ0) is 20.5. The molecule has 5 aromatic rings. The predicted molar refractivity (Wildman–Crippen MR) is 109 cm³/mol. The Balaban J connectivity index is 1.46. The normalized spacial score (nSPS) is 11.1. The average molecular weight is 399 g/mol. The number of furan rings is 1. The highest BCUT2D eigenvalue weighted by molar-refractivity contribution is 5.94. The minimum absolute atomic E-state index is 0.259. The van der Waals surface area contributed by atoms with Crippen LogP contribution in [0.3, 0.4) is 0 Å². The standard InChI is InChI=1S/C22H17N5O3/c1-14-20(22(28)23-13-17-8-5-11-29-17)24-26-27(14)16-9-10-19-18(12-16)21(30-25-19)15-6-3-2-4-7-15/h2-12H,13H2,1H3,(H,23,28). The average Bonchev–Trinajstić information content (AvgIpc) is 3.52. The molecule has 148 valence electrons. The van der Waals surface area contributed by atoms with Gasteiger partial charge in [0.05, 0.1) is 29.6 Å². The van der Waals surface area contributed by atoms with E-state index in [4.69, 9.17) is 8.94 Å². The summed E-state index contributed by atoms with van der Waals surface area (Å²) in [7, 11) is 0. The van der Waals surface area contributed by atoms with E-state index < -0.39 is 0 Å². The molecule has 8 nitrogen and oxygen atoms in total. The second-order valence-corrected chi connectivity index (χ2v) is 6.78. The number of benzene rings is 2. The van der Waals surface area contributed by atoms with Crippen LogP contribution in [0.25, 0.3) is 27.9 Å². The summed E-state index contributed by atoms with van der Waals surface area (Å²) in [5, 5.41) is 16.0. The SMILES string of the molecule is Cc1c(C(=O)NCc2ccco2)nnn1-c1ccc2noc(-c3ccccc3)c2c1. The van der Waals surface area contributed by atoms with Crippen LogP contribution in [0.5, 0.6) is 0 Å². The maximum Gasteiger partial charge on any atom is 0.274 e. The van der Waals surface area contributed by atoms with E-state index in [0.29, 0.717) is 17.2 Å². The van der Waals surface area contributed by atoms with Gasteiger partial charge in [-0.25, -0.2) is 4.68 Å². The lowest BCUT2D eigenvalue weighted by molar-refractivity contribution is 0.0942. The van der Waals surface area contributed by atoms with Crippen molar-refractivity contribution < 1.29 is 13.7 Å². The number of carbonyl (C=O) groups is 1. The summed E-state index contributed by atoms with van der Waals surface area (Å²) in [5.74, 6) is 1.03. The van der Waals surface area contributed by atoms with Crippen molar-refractivity contribution in [2.75, 3.05) is 0 Å². The highest BCUT2D eigenvalue weighted by Crippen LogP contribution is 2.30. The Bertz CT molecular complexity index is 1320. The smallest absolute Gasteiger partial charge is 0.274 e. The molecular formula is C22H17N5O3. The van der Waals surface area contributed by atoms with E-state index in [-0.39, 0.29) is 18.1 Å². The molecule has 0 saturated carbocycles. The van der Waals surface area contributed by atoms with Crippen molar-refractivity contribution in [1.82, 2.24) is 25.5 Å². The van der Waals surface area contributed by atoms with Gasteiger partial charge in [0, 0.05) is 5.56 Å². The molecule has 5 rings (SSSR count). The molecule has 0 aliphatic heterocycles. The van der Waals surface area contributed by atoms with Crippen molar-refractivity contribution in [2.24, 2.45) is 0 Å². The van der Waals surface area contributed by atoms with Gasteiger partial charge in [-0.2, -0.15) is 0 Å².